The largest absolute Gasteiger partial charge is 0.478 e. The summed E-state index contributed by atoms with van der Waals surface area (Å²) in [5.41, 5.74) is 10.1. The molecular formula is C10H12FN3O4. The summed E-state index contributed by atoms with van der Waals surface area (Å²) in [6, 6.07) is 1.97. The van der Waals surface area contributed by atoms with Crippen LogP contribution in [-0.4, -0.2) is 30.3 Å². The first-order chi connectivity index (χ1) is 8.41. The summed E-state index contributed by atoms with van der Waals surface area (Å²) in [4.78, 5) is 20.9. The van der Waals surface area contributed by atoms with Gasteiger partial charge in [0.2, 0.25) is 0 Å². The Morgan fingerprint density at radius 3 is 2.67 bits per heavy atom. The summed E-state index contributed by atoms with van der Waals surface area (Å²) in [5, 5.41) is 11.4. The number of carbonyl (C=O) groups excluding carboxylic acids is 1. The number of carboxylic acids is 1. The van der Waals surface area contributed by atoms with E-state index in [1.165, 1.54) is 0 Å². The standard InChI is InChI=1S/C10H12FN3O4/c11-6-4-8(14-1-2-18-10(13)17)7(12)3-5(6)9(15)16/h3-4,14H,1-2,12H2,(H2,13,17)(H,15,16). The van der Waals surface area contributed by atoms with Crippen LogP contribution in [0.4, 0.5) is 20.6 Å². The number of benzene rings is 1. The smallest absolute Gasteiger partial charge is 0.404 e. The molecule has 0 fully saturated rings. The minimum Gasteiger partial charge on any atom is -0.478 e. The van der Waals surface area contributed by atoms with Gasteiger partial charge in [0.15, 0.2) is 0 Å². The number of nitrogen functional groups attached to an aromatic ring is 1. The van der Waals surface area contributed by atoms with Crippen molar-refractivity contribution in [3.63, 3.8) is 0 Å². The van der Waals surface area contributed by atoms with Crippen LogP contribution in [-0.2, 0) is 4.74 Å². The second-order valence-electron chi connectivity index (χ2n) is 3.32. The molecule has 0 spiro atoms. The van der Waals surface area contributed by atoms with E-state index in [0.717, 1.165) is 12.1 Å². The van der Waals surface area contributed by atoms with Gasteiger partial charge in [-0.15, -0.1) is 0 Å². The second kappa shape index (κ2) is 5.71. The molecule has 1 amide bonds. The highest BCUT2D eigenvalue weighted by Crippen LogP contribution is 2.22. The van der Waals surface area contributed by atoms with E-state index >= 15 is 0 Å². The molecule has 98 valence electrons. The van der Waals surface area contributed by atoms with Crippen molar-refractivity contribution in [1.29, 1.82) is 0 Å². The average Bonchev–Trinajstić information content (AvgIpc) is 2.27. The fourth-order valence-corrected chi connectivity index (χ4v) is 1.24. The molecule has 1 aromatic carbocycles. The Morgan fingerprint density at radius 2 is 2.11 bits per heavy atom. The van der Waals surface area contributed by atoms with Gasteiger partial charge in [-0.2, -0.15) is 0 Å². The maximum absolute atomic E-state index is 13.3. The molecule has 0 atom stereocenters. The first-order valence-electron chi connectivity index (χ1n) is 4.90. The number of hydrogen-bond donors (Lipinski definition) is 4. The van der Waals surface area contributed by atoms with E-state index in [4.69, 9.17) is 16.6 Å². The summed E-state index contributed by atoms with van der Waals surface area (Å²) in [6.07, 6.45) is -0.919. The summed E-state index contributed by atoms with van der Waals surface area (Å²) in [7, 11) is 0. The Hall–Kier alpha value is -2.51. The normalized spacial score (nSPS) is 9.83. The van der Waals surface area contributed by atoms with Crippen LogP contribution in [0.2, 0.25) is 0 Å². The topological polar surface area (TPSA) is 128 Å². The number of carbonyl (C=O) groups is 2. The Morgan fingerprint density at radius 1 is 1.44 bits per heavy atom. The zero-order valence-electron chi connectivity index (χ0n) is 9.27. The molecular weight excluding hydrogens is 245 g/mol. The second-order valence-corrected chi connectivity index (χ2v) is 3.32. The SMILES string of the molecule is NC(=O)OCCNc1cc(F)c(C(=O)O)cc1N. The minimum atomic E-state index is -1.40. The number of carboxylic acid groups (broad SMARTS) is 1. The van der Waals surface area contributed by atoms with Crippen molar-refractivity contribution in [2.75, 3.05) is 24.2 Å². The monoisotopic (exact) mass is 257 g/mol. The van der Waals surface area contributed by atoms with Crippen LogP contribution >= 0.6 is 0 Å². The van der Waals surface area contributed by atoms with E-state index in [1.807, 2.05) is 0 Å². The van der Waals surface area contributed by atoms with E-state index < -0.39 is 23.4 Å². The quantitative estimate of drug-likeness (QED) is 0.452. The maximum atomic E-state index is 13.3. The van der Waals surface area contributed by atoms with Gasteiger partial charge >= 0.3 is 12.1 Å². The third kappa shape index (κ3) is 3.51. The van der Waals surface area contributed by atoms with E-state index in [2.05, 4.69) is 10.1 Å². The Labute approximate surface area is 102 Å². The number of nitrogens with one attached hydrogen (secondary N) is 1. The summed E-state index contributed by atoms with van der Waals surface area (Å²) in [6.45, 7) is 0.149. The lowest BCUT2D eigenvalue weighted by Crippen LogP contribution is -2.18. The molecule has 0 aliphatic heterocycles. The molecule has 0 radical (unpaired) electrons. The number of nitrogens with two attached hydrogens (primary N) is 2. The predicted molar refractivity (Wildman–Crippen MR) is 61.8 cm³/mol. The molecule has 0 bridgehead atoms. The van der Waals surface area contributed by atoms with Gasteiger partial charge in [0.1, 0.15) is 12.4 Å². The molecule has 0 saturated heterocycles. The number of anilines is 2. The number of hydrogen-bond acceptors (Lipinski definition) is 5. The zero-order chi connectivity index (χ0) is 13.7. The van der Waals surface area contributed by atoms with Gasteiger partial charge in [0.25, 0.3) is 0 Å². The van der Waals surface area contributed by atoms with Crippen molar-refractivity contribution in [3.05, 3.63) is 23.5 Å². The molecule has 0 heterocycles. The van der Waals surface area contributed by atoms with Crippen LogP contribution in [0.3, 0.4) is 0 Å². The number of primary amides is 1. The highest BCUT2D eigenvalue weighted by Gasteiger charge is 2.13. The Bertz CT molecular complexity index is 478. The van der Waals surface area contributed by atoms with Crippen molar-refractivity contribution < 1.29 is 23.8 Å². The van der Waals surface area contributed by atoms with Gasteiger partial charge in [-0.1, -0.05) is 0 Å². The molecule has 7 nitrogen and oxygen atoms in total. The van der Waals surface area contributed by atoms with Crippen LogP contribution in [0.1, 0.15) is 10.4 Å². The lowest BCUT2D eigenvalue weighted by molar-refractivity contribution is 0.0692. The van der Waals surface area contributed by atoms with Crippen molar-refractivity contribution >= 4 is 23.4 Å². The molecule has 0 aromatic heterocycles. The lowest BCUT2D eigenvalue weighted by atomic mass is 10.1. The number of amides is 1. The van der Waals surface area contributed by atoms with Gasteiger partial charge in [-0.05, 0) is 12.1 Å². The predicted octanol–water partition coefficient (Wildman–Crippen LogP) is 0.613. The molecule has 1 rings (SSSR count). The molecule has 8 heteroatoms. The Kier molecular flexibility index (Phi) is 4.30. The minimum absolute atomic E-state index is 0.0168. The summed E-state index contributed by atoms with van der Waals surface area (Å²) >= 11 is 0. The van der Waals surface area contributed by atoms with Crippen molar-refractivity contribution in [1.82, 2.24) is 0 Å². The maximum Gasteiger partial charge on any atom is 0.404 e. The van der Waals surface area contributed by atoms with Gasteiger partial charge in [0.05, 0.1) is 16.9 Å². The summed E-state index contributed by atoms with van der Waals surface area (Å²) in [5.74, 6) is -2.31. The van der Waals surface area contributed by atoms with Crippen LogP contribution < -0.4 is 16.8 Å². The van der Waals surface area contributed by atoms with Gasteiger partial charge < -0.3 is 26.6 Å². The van der Waals surface area contributed by atoms with Crippen LogP contribution in [0, 0.1) is 5.82 Å². The zero-order valence-corrected chi connectivity index (χ0v) is 9.27. The van der Waals surface area contributed by atoms with Crippen LogP contribution in [0.25, 0.3) is 0 Å². The van der Waals surface area contributed by atoms with Crippen LogP contribution in [0.15, 0.2) is 12.1 Å². The van der Waals surface area contributed by atoms with Crippen LogP contribution in [0.5, 0.6) is 0 Å². The van der Waals surface area contributed by atoms with E-state index in [-0.39, 0.29) is 24.5 Å². The number of halogens is 1. The first kappa shape index (κ1) is 13.6. The highest BCUT2D eigenvalue weighted by atomic mass is 19.1. The lowest BCUT2D eigenvalue weighted by Gasteiger charge is -2.10. The van der Waals surface area contributed by atoms with Crippen molar-refractivity contribution in [2.45, 2.75) is 0 Å². The molecule has 0 aliphatic rings. The Balaban J connectivity index is 2.70. The van der Waals surface area contributed by atoms with E-state index in [0.29, 0.717) is 0 Å². The van der Waals surface area contributed by atoms with E-state index in [1.54, 1.807) is 0 Å². The fourth-order valence-electron chi connectivity index (χ4n) is 1.24. The molecule has 18 heavy (non-hydrogen) atoms. The van der Waals surface area contributed by atoms with Gasteiger partial charge in [0, 0.05) is 6.54 Å². The van der Waals surface area contributed by atoms with E-state index in [9.17, 15) is 14.0 Å². The van der Waals surface area contributed by atoms with Crippen molar-refractivity contribution in [2.24, 2.45) is 5.73 Å². The van der Waals surface area contributed by atoms with Gasteiger partial charge in [-0.3, -0.25) is 0 Å². The number of rotatable bonds is 5. The molecule has 0 saturated carbocycles. The third-order valence-corrected chi connectivity index (χ3v) is 2.03. The third-order valence-electron chi connectivity index (χ3n) is 2.03. The van der Waals surface area contributed by atoms with Crippen molar-refractivity contribution in [3.8, 4) is 0 Å². The number of ether oxygens (including phenoxy) is 1. The number of aromatic carboxylic acids is 1. The molecule has 6 N–H and O–H groups in total. The molecule has 0 unspecified atom stereocenters. The highest BCUT2D eigenvalue weighted by molar-refractivity contribution is 5.90. The summed E-state index contributed by atoms with van der Waals surface area (Å²) < 4.78 is 17.8. The first-order valence-corrected chi connectivity index (χ1v) is 4.90. The molecule has 0 aliphatic carbocycles. The molecule has 1 aromatic rings. The average molecular weight is 257 g/mol. The van der Waals surface area contributed by atoms with Gasteiger partial charge in [-0.25, -0.2) is 14.0 Å². The fraction of sp³-hybridized carbons (Fsp3) is 0.200.